The van der Waals surface area contributed by atoms with E-state index >= 15 is 0 Å². The van der Waals surface area contributed by atoms with E-state index in [0.717, 1.165) is 6.42 Å². The van der Waals surface area contributed by atoms with Crippen LogP contribution in [0.3, 0.4) is 0 Å². The Hall–Kier alpha value is -1.89. The average Bonchev–Trinajstić information content (AvgIpc) is 2.91. The first-order chi connectivity index (χ1) is 10.0. The molecule has 1 aromatic heterocycles. The quantitative estimate of drug-likeness (QED) is 0.539. The topological polar surface area (TPSA) is 80.3 Å². The van der Waals surface area contributed by atoms with Crippen molar-refractivity contribution in [2.45, 2.75) is 20.3 Å². The highest BCUT2D eigenvalue weighted by molar-refractivity contribution is 7.13. The number of thiazole rings is 1. The zero-order valence-electron chi connectivity index (χ0n) is 12.3. The fourth-order valence-electron chi connectivity index (χ4n) is 1.36. The molecule has 0 spiro atoms. The van der Waals surface area contributed by atoms with Gasteiger partial charge in [0, 0.05) is 18.5 Å². The largest absolute Gasteiger partial charge is 0.451 e. The van der Waals surface area contributed by atoms with Crippen molar-refractivity contribution in [2.75, 3.05) is 25.0 Å². The highest BCUT2D eigenvalue weighted by Gasteiger charge is 2.13. The second-order valence-corrected chi connectivity index (χ2v) is 5.67. The van der Waals surface area contributed by atoms with Gasteiger partial charge >= 0.3 is 5.97 Å². The minimum atomic E-state index is -0.600. The van der Waals surface area contributed by atoms with E-state index in [2.05, 4.69) is 36.0 Å². The summed E-state index contributed by atoms with van der Waals surface area (Å²) >= 11 is 1.30. The second-order valence-electron chi connectivity index (χ2n) is 4.82. The predicted octanol–water partition coefficient (Wildman–Crippen LogP) is 2.06. The predicted molar refractivity (Wildman–Crippen MR) is 83.5 cm³/mol. The summed E-state index contributed by atoms with van der Waals surface area (Å²) in [5, 5.41) is 7.87. The van der Waals surface area contributed by atoms with Crippen LogP contribution in [0.2, 0.25) is 0 Å². The lowest BCUT2D eigenvalue weighted by molar-refractivity contribution is -0.124. The monoisotopic (exact) mass is 311 g/mol. The van der Waals surface area contributed by atoms with Gasteiger partial charge in [-0.3, -0.25) is 4.79 Å². The van der Waals surface area contributed by atoms with E-state index in [9.17, 15) is 9.59 Å². The SMILES string of the molecule is C=CCNc1nc(C(=O)OCC(=O)NCCC(C)C)cs1. The smallest absolute Gasteiger partial charge is 0.358 e. The van der Waals surface area contributed by atoms with Gasteiger partial charge in [-0.15, -0.1) is 17.9 Å². The molecule has 2 N–H and O–H groups in total. The summed E-state index contributed by atoms with van der Waals surface area (Å²) in [6.07, 6.45) is 2.59. The summed E-state index contributed by atoms with van der Waals surface area (Å²) in [5.41, 5.74) is 0.196. The Balaban J connectivity index is 2.31. The minimum Gasteiger partial charge on any atom is -0.451 e. The third kappa shape index (κ3) is 6.89. The van der Waals surface area contributed by atoms with Crippen LogP contribution < -0.4 is 10.6 Å². The molecule has 0 saturated carbocycles. The van der Waals surface area contributed by atoms with Gasteiger partial charge in [0.25, 0.3) is 5.91 Å². The van der Waals surface area contributed by atoms with Gasteiger partial charge < -0.3 is 15.4 Å². The summed E-state index contributed by atoms with van der Waals surface area (Å²) in [6, 6.07) is 0. The zero-order chi connectivity index (χ0) is 15.7. The van der Waals surface area contributed by atoms with Crippen molar-refractivity contribution in [3.05, 3.63) is 23.7 Å². The van der Waals surface area contributed by atoms with Crippen LogP contribution in [0.5, 0.6) is 0 Å². The number of esters is 1. The van der Waals surface area contributed by atoms with E-state index in [4.69, 9.17) is 4.74 Å². The van der Waals surface area contributed by atoms with Crippen molar-refractivity contribution < 1.29 is 14.3 Å². The molecule has 0 saturated heterocycles. The maximum Gasteiger partial charge on any atom is 0.358 e. The first-order valence-corrected chi connectivity index (χ1v) is 7.65. The van der Waals surface area contributed by atoms with Crippen molar-refractivity contribution in [1.29, 1.82) is 0 Å². The summed E-state index contributed by atoms with van der Waals surface area (Å²) < 4.78 is 4.91. The zero-order valence-corrected chi connectivity index (χ0v) is 13.2. The molecule has 0 aliphatic rings. The number of nitrogens with one attached hydrogen (secondary N) is 2. The van der Waals surface area contributed by atoms with Crippen molar-refractivity contribution in [3.63, 3.8) is 0 Å². The van der Waals surface area contributed by atoms with E-state index in [1.54, 1.807) is 11.5 Å². The van der Waals surface area contributed by atoms with Crippen LogP contribution in [0.15, 0.2) is 18.0 Å². The molecule has 0 aliphatic heterocycles. The number of amides is 1. The van der Waals surface area contributed by atoms with Crippen LogP contribution in [-0.4, -0.2) is 36.6 Å². The van der Waals surface area contributed by atoms with Gasteiger partial charge in [0.1, 0.15) is 0 Å². The van der Waals surface area contributed by atoms with E-state index in [0.29, 0.717) is 24.1 Å². The lowest BCUT2D eigenvalue weighted by Crippen LogP contribution is -2.30. The van der Waals surface area contributed by atoms with E-state index in [1.807, 2.05) is 0 Å². The van der Waals surface area contributed by atoms with Gasteiger partial charge in [-0.1, -0.05) is 19.9 Å². The summed E-state index contributed by atoms with van der Waals surface area (Å²) in [4.78, 5) is 27.3. The van der Waals surface area contributed by atoms with Gasteiger partial charge in [-0.25, -0.2) is 9.78 Å². The Kier molecular flexibility index (Phi) is 7.45. The number of rotatable bonds is 9. The molecule has 0 aliphatic carbocycles. The van der Waals surface area contributed by atoms with Crippen LogP contribution in [0, 0.1) is 5.92 Å². The summed E-state index contributed by atoms with van der Waals surface area (Å²) in [5.74, 6) is -0.384. The number of aromatic nitrogens is 1. The molecule has 0 radical (unpaired) electrons. The molecule has 21 heavy (non-hydrogen) atoms. The Morgan fingerprint density at radius 2 is 2.29 bits per heavy atom. The molecular formula is C14H21N3O3S. The van der Waals surface area contributed by atoms with Crippen LogP contribution >= 0.6 is 11.3 Å². The van der Waals surface area contributed by atoms with Crippen molar-refractivity contribution in [2.24, 2.45) is 5.92 Å². The fourth-order valence-corrected chi connectivity index (χ4v) is 2.05. The number of ether oxygens (including phenoxy) is 1. The number of carbonyl (C=O) groups excluding carboxylic acids is 2. The Morgan fingerprint density at radius 1 is 1.52 bits per heavy atom. The normalized spacial score (nSPS) is 10.2. The van der Waals surface area contributed by atoms with Gasteiger partial charge in [-0.2, -0.15) is 0 Å². The molecular weight excluding hydrogens is 290 g/mol. The van der Waals surface area contributed by atoms with E-state index in [-0.39, 0.29) is 18.2 Å². The molecule has 6 nitrogen and oxygen atoms in total. The first-order valence-electron chi connectivity index (χ1n) is 6.77. The number of hydrogen-bond donors (Lipinski definition) is 2. The molecule has 0 aromatic carbocycles. The Morgan fingerprint density at radius 3 is 2.95 bits per heavy atom. The lowest BCUT2D eigenvalue weighted by atomic mass is 10.1. The second kappa shape index (κ2) is 9.12. The van der Waals surface area contributed by atoms with Gasteiger partial charge in [0.05, 0.1) is 0 Å². The van der Waals surface area contributed by atoms with Gasteiger partial charge in [-0.05, 0) is 12.3 Å². The van der Waals surface area contributed by atoms with E-state index in [1.165, 1.54) is 11.3 Å². The minimum absolute atomic E-state index is 0.196. The Bertz CT molecular complexity index is 486. The molecule has 7 heteroatoms. The maximum absolute atomic E-state index is 11.7. The molecule has 0 bridgehead atoms. The van der Waals surface area contributed by atoms with Gasteiger partial charge in [0.15, 0.2) is 17.4 Å². The lowest BCUT2D eigenvalue weighted by Gasteiger charge is -2.07. The molecule has 116 valence electrons. The molecule has 1 heterocycles. The number of carbonyl (C=O) groups is 2. The van der Waals surface area contributed by atoms with Crippen molar-refractivity contribution in [1.82, 2.24) is 10.3 Å². The van der Waals surface area contributed by atoms with Crippen molar-refractivity contribution >= 4 is 28.3 Å². The standard InChI is InChI=1S/C14H21N3O3S/c1-4-6-16-14-17-11(9-21-14)13(19)20-8-12(18)15-7-5-10(2)3/h4,9-10H,1,5-8H2,2-3H3,(H,15,18)(H,16,17). The first kappa shape index (κ1) is 17.2. The molecule has 1 aromatic rings. The number of anilines is 1. The van der Waals surface area contributed by atoms with Crippen molar-refractivity contribution in [3.8, 4) is 0 Å². The number of hydrogen-bond acceptors (Lipinski definition) is 6. The Labute approximate surface area is 128 Å². The van der Waals surface area contributed by atoms with Gasteiger partial charge in [0.2, 0.25) is 0 Å². The summed E-state index contributed by atoms with van der Waals surface area (Å²) in [6.45, 7) is 8.60. The van der Waals surface area contributed by atoms with Crippen LogP contribution in [0.1, 0.15) is 30.8 Å². The molecule has 0 unspecified atom stereocenters. The van der Waals surface area contributed by atoms with Crippen LogP contribution in [0.25, 0.3) is 0 Å². The summed E-state index contributed by atoms with van der Waals surface area (Å²) in [7, 11) is 0. The molecule has 1 amide bonds. The highest BCUT2D eigenvalue weighted by Crippen LogP contribution is 2.15. The third-order valence-electron chi connectivity index (χ3n) is 2.49. The average molecular weight is 311 g/mol. The maximum atomic E-state index is 11.7. The van der Waals surface area contributed by atoms with Crippen LogP contribution in [0.4, 0.5) is 5.13 Å². The molecule has 1 rings (SSSR count). The fraction of sp³-hybridized carbons (Fsp3) is 0.500. The van der Waals surface area contributed by atoms with Crippen LogP contribution in [-0.2, 0) is 9.53 Å². The van der Waals surface area contributed by atoms with E-state index < -0.39 is 5.97 Å². The number of nitrogens with zero attached hydrogens (tertiary/aromatic N) is 1. The highest BCUT2D eigenvalue weighted by atomic mass is 32.1. The third-order valence-corrected chi connectivity index (χ3v) is 3.29. The molecule has 0 atom stereocenters. The molecule has 0 fully saturated rings.